The maximum absolute atomic E-state index is 13.7. The number of hydrogen-bond donors (Lipinski definition) is 4. The van der Waals surface area contributed by atoms with Gasteiger partial charge in [-0.15, -0.1) is 0 Å². The van der Waals surface area contributed by atoms with E-state index < -0.39 is 35.5 Å². The molecule has 3 atom stereocenters. The fourth-order valence-electron chi connectivity index (χ4n) is 5.87. The zero-order valence-electron chi connectivity index (χ0n) is 25.6. The van der Waals surface area contributed by atoms with Crippen LogP contribution in [0.3, 0.4) is 0 Å². The largest absolute Gasteiger partial charge is 0.359 e. The summed E-state index contributed by atoms with van der Waals surface area (Å²) in [7, 11) is 0. The monoisotopic (exact) mass is 602 g/mol. The Hall–Kier alpha value is -3.89. The highest BCUT2D eigenvalue weighted by molar-refractivity contribution is 5.85. The Kier molecular flexibility index (Phi) is 7.92. The van der Waals surface area contributed by atoms with E-state index in [1.54, 1.807) is 6.92 Å². The predicted octanol–water partition coefficient (Wildman–Crippen LogP) is 6.97. The molecule has 0 saturated carbocycles. The molecule has 2 saturated heterocycles. The number of nitrogens with one attached hydrogen (secondary N) is 4. The Labute approximate surface area is 256 Å². The van der Waals surface area contributed by atoms with Gasteiger partial charge in [-0.05, 0) is 49.3 Å². The van der Waals surface area contributed by atoms with Crippen molar-refractivity contribution in [2.45, 2.75) is 77.0 Å². The third kappa shape index (κ3) is 6.32. The van der Waals surface area contributed by atoms with Crippen molar-refractivity contribution < 1.29 is 18.3 Å². The molecule has 4 N–H and O–H groups in total. The van der Waals surface area contributed by atoms with Gasteiger partial charge in [-0.25, -0.2) is 18.7 Å². The van der Waals surface area contributed by atoms with Crippen molar-refractivity contribution in [3.8, 4) is 33.6 Å². The number of alkyl halides is 2. The second-order valence-corrected chi connectivity index (χ2v) is 13.3. The topological polar surface area (TPSA) is 108 Å². The van der Waals surface area contributed by atoms with Crippen LogP contribution in [-0.2, 0) is 9.53 Å². The molecule has 2 aromatic heterocycles. The van der Waals surface area contributed by atoms with Crippen molar-refractivity contribution in [3.05, 3.63) is 72.6 Å². The number of carbonyl (C=O) groups excluding carboxylic acids is 1. The van der Waals surface area contributed by atoms with Crippen molar-refractivity contribution in [3.63, 3.8) is 0 Å². The number of nitrogens with zero attached hydrogens (tertiary/aromatic N) is 2. The van der Waals surface area contributed by atoms with Gasteiger partial charge in [-0.1, -0.05) is 69.3 Å². The van der Waals surface area contributed by atoms with Crippen LogP contribution in [0.5, 0.6) is 0 Å². The molecular weight excluding hydrogens is 562 g/mol. The van der Waals surface area contributed by atoms with E-state index >= 15 is 0 Å². The first-order valence-corrected chi connectivity index (χ1v) is 15.3. The summed E-state index contributed by atoms with van der Waals surface area (Å²) in [6.45, 7) is 7.84. The minimum atomic E-state index is -2.91. The quantitative estimate of drug-likeness (QED) is 0.183. The Balaban J connectivity index is 1.14. The molecule has 0 bridgehead atoms. The number of aromatic nitrogens is 4. The van der Waals surface area contributed by atoms with Gasteiger partial charge in [0.15, 0.2) is 0 Å². The maximum atomic E-state index is 13.7. The van der Waals surface area contributed by atoms with Gasteiger partial charge in [0.25, 0.3) is 11.8 Å². The second kappa shape index (κ2) is 11.6. The molecule has 8 nitrogen and oxygen atoms in total. The summed E-state index contributed by atoms with van der Waals surface area (Å²) in [6, 6.07) is 16.4. The van der Waals surface area contributed by atoms with Gasteiger partial charge >= 0.3 is 0 Å². The highest BCUT2D eigenvalue weighted by Crippen LogP contribution is 2.37. The Morgan fingerprint density at radius 1 is 0.932 bits per heavy atom. The summed E-state index contributed by atoms with van der Waals surface area (Å²) in [6.07, 6.45) is 5.64. The first kappa shape index (κ1) is 30.1. The smallest absolute Gasteiger partial charge is 0.271 e. The number of imidazole rings is 2. The molecule has 44 heavy (non-hydrogen) atoms. The molecule has 2 fully saturated rings. The summed E-state index contributed by atoms with van der Waals surface area (Å²) in [5.41, 5.74) is 4.15. The number of aromatic amines is 2. The summed E-state index contributed by atoms with van der Waals surface area (Å²) in [4.78, 5) is 29.4. The van der Waals surface area contributed by atoms with Gasteiger partial charge in [0.2, 0.25) is 0 Å². The molecule has 2 aliphatic rings. The first-order valence-electron chi connectivity index (χ1n) is 15.3. The molecule has 0 spiro atoms. The molecule has 1 amide bonds. The second-order valence-electron chi connectivity index (χ2n) is 13.3. The lowest BCUT2D eigenvalue weighted by atomic mass is 9.85. The SMILES string of the molecule is CC(C)(C)[C@@H](NC(=O)[C@@]1(C)CCC(F)(F)CO1)c1nc(-c2ccc(-c3ccc(-c4c[nH]c([C@@H]5CCCN5)n4)cc3)cc2)c[nH]1. The molecule has 0 aliphatic carbocycles. The number of H-pyrrole nitrogens is 2. The summed E-state index contributed by atoms with van der Waals surface area (Å²) >= 11 is 0. The first-order chi connectivity index (χ1) is 20.9. The number of hydrogen-bond acceptors (Lipinski definition) is 5. The van der Waals surface area contributed by atoms with Crippen LogP contribution in [0.15, 0.2) is 60.9 Å². The number of amides is 1. The molecule has 6 rings (SSSR count). The minimum Gasteiger partial charge on any atom is -0.359 e. The molecule has 0 radical (unpaired) electrons. The van der Waals surface area contributed by atoms with Gasteiger partial charge in [0, 0.05) is 29.9 Å². The highest BCUT2D eigenvalue weighted by atomic mass is 19.3. The van der Waals surface area contributed by atoms with Crippen molar-refractivity contribution >= 4 is 5.91 Å². The van der Waals surface area contributed by atoms with Gasteiger partial charge in [-0.3, -0.25) is 4.79 Å². The Bertz CT molecular complexity index is 1590. The molecule has 2 aliphatic heterocycles. The average molecular weight is 603 g/mol. The van der Waals surface area contributed by atoms with E-state index in [0.29, 0.717) is 11.9 Å². The zero-order valence-corrected chi connectivity index (χ0v) is 25.6. The van der Waals surface area contributed by atoms with E-state index in [4.69, 9.17) is 14.7 Å². The van der Waals surface area contributed by atoms with Gasteiger partial charge in [-0.2, -0.15) is 0 Å². The number of benzene rings is 2. The van der Waals surface area contributed by atoms with E-state index in [-0.39, 0.29) is 12.8 Å². The van der Waals surface area contributed by atoms with E-state index in [0.717, 1.165) is 52.4 Å². The molecular formula is C34H40F2N6O2. The van der Waals surface area contributed by atoms with Gasteiger partial charge < -0.3 is 25.3 Å². The summed E-state index contributed by atoms with van der Waals surface area (Å²) < 4.78 is 32.7. The van der Waals surface area contributed by atoms with Gasteiger partial charge in [0.1, 0.15) is 23.9 Å². The predicted molar refractivity (Wildman–Crippen MR) is 166 cm³/mol. The van der Waals surface area contributed by atoms with Crippen LogP contribution in [0.1, 0.15) is 77.1 Å². The number of carbonyl (C=O) groups is 1. The molecule has 4 aromatic rings. The van der Waals surface area contributed by atoms with Gasteiger partial charge in [0.05, 0.1) is 23.5 Å². The Morgan fingerprint density at radius 3 is 2.07 bits per heavy atom. The minimum absolute atomic E-state index is 0.0523. The van der Waals surface area contributed by atoms with E-state index in [2.05, 4.69) is 57.0 Å². The number of halogens is 2. The third-order valence-electron chi connectivity index (χ3n) is 8.75. The average Bonchev–Trinajstić information content (AvgIpc) is 3.79. The lowest BCUT2D eigenvalue weighted by molar-refractivity contribution is -0.190. The van der Waals surface area contributed by atoms with Crippen LogP contribution in [-0.4, -0.2) is 50.5 Å². The fraction of sp³-hybridized carbons (Fsp3) is 0.441. The van der Waals surface area contributed by atoms with E-state index in [1.165, 1.54) is 6.42 Å². The lowest BCUT2D eigenvalue weighted by Gasteiger charge is -2.38. The summed E-state index contributed by atoms with van der Waals surface area (Å²) in [5.74, 6) is -1.74. The number of ether oxygens (including phenoxy) is 1. The third-order valence-corrected chi connectivity index (χ3v) is 8.75. The van der Waals surface area contributed by atoms with Crippen molar-refractivity contribution in [1.29, 1.82) is 0 Å². The van der Waals surface area contributed by atoms with Crippen LogP contribution >= 0.6 is 0 Å². The molecule has 2 aromatic carbocycles. The molecule has 232 valence electrons. The fourth-order valence-corrected chi connectivity index (χ4v) is 5.87. The van der Waals surface area contributed by atoms with Crippen molar-refractivity contribution in [2.75, 3.05) is 13.2 Å². The standard InChI is InChI=1S/C34H40F2N6O2/c1-32(2,3)28(42-31(43)33(4)15-16-34(35,36)20-44-33)30-39-19-27(41-30)24-13-9-22(10-14-24)21-7-11-23(12-8-21)26-18-38-29(40-26)25-6-5-17-37-25/h7-14,18-19,25,28,37H,5-6,15-17,20H2,1-4H3,(H,38,40)(H,39,41)(H,42,43)/t25-,28-,33+/m0/s1. The highest BCUT2D eigenvalue weighted by Gasteiger charge is 2.47. The van der Waals surface area contributed by atoms with Crippen molar-refractivity contribution in [2.24, 2.45) is 5.41 Å². The summed E-state index contributed by atoms with van der Waals surface area (Å²) in [5, 5.41) is 6.50. The van der Waals surface area contributed by atoms with E-state index in [9.17, 15) is 13.6 Å². The van der Waals surface area contributed by atoms with Crippen LogP contribution in [0.25, 0.3) is 33.6 Å². The lowest BCUT2D eigenvalue weighted by Crippen LogP contribution is -2.54. The number of rotatable bonds is 7. The van der Waals surface area contributed by atoms with Crippen LogP contribution in [0.4, 0.5) is 8.78 Å². The van der Waals surface area contributed by atoms with Crippen LogP contribution in [0, 0.1) is 5.41 Å². The Morgan fingerprint density at radius 2 is 1.52 bits per heavy atom. The molecule has 4 heterocycles. The van der Waals surface area contributed by atoms with E-state index in [1.807, 2.05) is 45.3 Å². The maximum Gasteiger partial charge on any atom is 0.271 e. The van der Waals surface area contributed by atoms with Crippen LogP contribution in [0.2, 0.25) is 0 Å². The normalized spacial score (nSPS) is 22.5. The van der Waals surface area contributed by atoms with Crippen molar-refractivity contribution in [1.82, 2.24) is 30.6 Å². The zero-order chi connectivity index (χ0) is 31.1. The van der Waals surface area contributed by atoms with Crippen LogP contribution < -0.4 is 10.6 Å². The molecule has 0 unspecified atom stereocenters. The molecule has 10 heteroatoms.